The zero-order valence-corrected chi connectivity index (χ0v) is 8.60. The van der Waals surface area contributed by atoms with Gasteiger partial charge in [0.25, 0.3) is 0 Å². The summed E-state index contributed by atoms with van der Waals surface area (Å²) in [5, 5.41) is 0. The second-order valence-corrected chi connectivity index (χ2v) is 4.17. The highest BCUT2D eigenvalue weighted by Gasteiger charge is 2.31. The lowest BCUT2D eigenvalue weighted by Crippen LogP contribution is -2.45. The molecule has 1 heterocycles. The molecule has 0 bridgehead atoms. The summed E-state index contributed by atoms with van der Waals surface area (Å²) in [6.07, 6.45) is -4.05. The largest absolute Gasteiger partial charge is 0.401 e. The molecule has 0 atom stereocenters. The van der Waals surface area contributed by atoms with Crippen molar-refractivity contribution in [3.8, 4) is 0 Å². The zero-order chi connectivity index (χ0) is 9.19. The summed E-state index contributed by atoms with van der Waals surface area (Å²) in [7, 11) is 0. The number of hydrogen-bond acceptors (Lipinski definition) is 2. The maximum Gasteiger partial charge on any atom is 0.401 e. The summed E-state index contributed by atoms with van der Waals surface area (Å²) < 4.78 is 37.6. The fourth-order valence-electron chi connectivity index (χ4n) is 1.14. The number of alkyl halides is 3. The molecule has 0 N–H and O–H groups in total. The first-order chi connectivity index (χ1) is 5.47. The van der Waals surface area contributed by atoms with E-state index in [0.29, 0.717) is 13.1 Å². The predicted molar refractivity (Wildman–Crippen MR) is 48.1 cm³/mol. The maximum absolute atomic E-state index is 11.9. The van der Waals surface area contributed by atoms with Crippen molar-refractivity contribution in [1.29, 1.82) is 0 Å². The minimum Gasteiger partial charge on any atom is -0.292 e. The van der Waals surface area contributed by atoms with Crippen LogP contribution in [0.4, 0.5) is 13.2 Å². The summed E-state index contributed by atoms with van der Waals surface area (Å²) in [6, 6.07) is 0. The van der Waals surface area contributed by atoms with Crippen LogP contribution >= 0.6 is 22.9 Å². The molecule has 0 radical (unpaired) electrons. The van der Waals surface area contributed by atoms with Crippen LogP contribution in [0.5, 0.6) is 0 Å². The molecule has 2 nitrogen and oxygen atoms in total. The molecule has 1 saturated heterocycles. The Bertz CT molecular complexity index is 142. The molecule has 0 saturated carbocycles. The summed E-state index contributed by atoms with van der Waals surface area (Å²) in [5.41, 5.74) is 0. The van der Waals surface area contributed by atoms with Crippen molar-refractivity contribution in [2.75, 3.05) is 32.7 Å². The lowest BCUT2D eigenvalue weighted by atomic mass is 10.3. The summed E-state index contributed by atoms with van der Waals surface area (Å²) >= 11 is 2.13. The standard InChI is InChI=1S/C6H10F3IN2/c7-6(8,9)5-11-1-3-12(10)4-2-11/h1-5H2. The zero-order valence-electron chi connectivity index (χ0n) is 6.44. The van der Waals surface area contributed by atoms with Gasteiger partial charge in [0.05, 0.1) is 6.54 Å². The monoisotopic (exact) mass is 294 g/mol. The quantitative estimate of drug-likeness (QED) is 0.534. The Morgan fingerprint density at radius 3 is 2.00 bits per heavy atom. The van der Waals surface area contributed by atoms with Gasteiger partial charge in [-0.15, -0.1) is 0 Å². The van der Waals surface area contributed by atoms with E-state index in [1.165, 1.54) is 4.90 Å². The normalized spacial score (nSPS) is 23.0. The van der Waals surface area contributed by atoms with Gasteiger partial charge in [-0.3, -0.25) is 4.90 Å². The van der Waals surface area contributed by atoms with Crippen LogP contribution in [0.2, 0.25) is 0 Å². The van der Waals surface area contributed by atoms with Gasteiger partial charge < -0.3 is 0 Å². The van der Waals surface area contributed by atoms with E-state index in [-0.39, 0.29) is 0 Å². The van der Waals surface area contributed by atoms with Crippen LogP contribution in [0.1, 0.15) is 0 Å². The van der Waals surface area contributed by atoms with Crippen LogP contribution in [0.25, 0.3) is 0 Å². The third-order valence-electron chi connectivity index (χ3n) is 1.72. The van der Waals surface area contributed by atoms with Gasteiger partial charge in [0.15, 0.2) is 0 Å². The second kappa shape index (κ2) is 4.10. The Morgan fingerprint density at radius 2 is 1.58 bits per heavy atom. The number of nitrogens with zero attached hydrogens (tertiary/aromatic N) is 2. The molecule has 0 aromatic rings. The maximum atomic E-state index is 11.9. The molecule has 0 spiro atoms. The minimum atomic E-state index is -4.05. The van der Waals surface area contributed by atoms with Gasteiger partial charge in [-0.1, -0.05) is 0 Å². The molecular weight excluding hydrogens is 284 g/mol. The van der Waals surface area contributed by atoms with E-state index < -0.39 is 12.7 Å². The van der Waals surface area contributed by atoms with Crippen LogP contribution in [0, 0.1) is 0 Å². The van der Waals surface area contributed by atoms with Gasteiger partial charge in [0.1, 0.15) is 0 Å². The Morgan fingerprint density at radius 1 is 1.08 bits per heavy atom. The molecule has 0 aromatic heterocycles. The minimum absolute atomic E-state index is 0.516. The molecule has 1 aliphatic heterocycles. The Balaban J connectivity index is 2.26. The molecule has 0 aromatic carbocycles. The highest BCUT2D eigenvalue weighted by molar-refractivity contribution is 14.1. The molecule has 0 aliphatic carbocycles. The van der Waals surface area contributed by atoms with E-state index in [1.807, 2.05) is 3.11 Å². The van der Waals surface area contributed by atoms with Crippen LogP contribution in [-0.2, 0) is 0 Å². The molecular formula is C6H10F3IN2. The Labute approximate surface area is 83.2 Å². The lowest BCUT2D eigenvalue weighted by Gasteiger charge is -2.31. The fraction of sp³-hybridized carbons (Fsp3) is 1.00. The molecule has 1 aliphatic rings. The lowest BCUT2D eigenvalue weighted by molar-refractivity contribution is -0.147. The van der Waals surface area contributed by atoms with Crippen LogP contribution < -0.4 is 0 Å². The van der Waals surface area contributed by atoms with Gasteiger partial charge >= 0.3 is 6.18 Å². The number of hydrogen-bond donors (Lipinski definition) is 0. The molecule has 6 heteroatoms. The van der Waals surface area contributed by atoms with E-state index in [4.69, 9.17) is 0 Å². The van der Waals surface area contributed by atoms with Gasteiger partial charge in [-0.2, -0.15) is 13.2 Å². The van der Waals surface area contributed by atoms with Gasteiger partial charge in [0.2, 0.25) is 0 Å². The average molecular weight is 294 g/mol. The summed E-state index contributed by atoms with van der Waals surface area (Å²) in [6.45, 7) is 1.70. The van der Waals surface area contributed by atoms with E-state index in [9.17, 15) is 13.2 Å². The molecule has 1 rings (SSSR count). The van der Waals surface area contributed by atoms with Gasteiger partial charge in [-0.05, 0) is 0 Å². The van der Waals surface area contributed by atoms with Crippen LogP contribution in [0.15, 0.2) is 0 Å². The third-order valence-corrected chi connectivity index (χ3v) is 2.69. The molecule has 72 valence electrons. The van der Waals surface area contributed by atoms with Crippen molar-refractivity contribution < 1.29 is 13.2 Å². The van der Waals surface area contributed by atoms with Crippen molar-refractivity contribution in [2.45, 2.75) is 6.18 Å². The van der Waals surface area contributed by atoms with E-state index in [1.54, 1.807) is 0 Å². The number of rotatable bonds is 1. The predicted octanol–water partition coefficient (Wildman–Crippen LogP) is 1.52. The number of halogens is 4. The summed E-state index contributed by atoms with van der Waals surface area (Å²) in [5.74, 6) is 0. The van der Waals surface area contributed by atoms with Crippen molar-refractivity contribution in [2.24, 2.45) is 0 Å². The molecule has 0 amide bonds. The molecule has 12 heavy (non-hydrogen) atoms. The van der Waals surface area contributed by atoms with Crippen LogP contribution in [0.3, 0.4) is 0 Å². The highest BCUT2D eigenvalue weighted by Crippen LogP contribution is 2.17. The molecule has 0 unspecified atom stereocenters. The topological polar surface area (TPSA) is 6.48 Å². The SMILES string of the molecule is FC(F)(F)CN1CCN(I)CC1. The van der Waals surface area contributed by atoms with Crippen LogP contribution in [-0.4, -0.2) is 46.9 Å². The first-order valence-corrected chi connectivity index (χ1v) is 4.64. The smallest absolute Gasteiger partial charge is 0.292 e. The first-order valence-electron chi connectivity index (χ1n) is 3.67. The third kappa shape index (κ3) is 3.90. The van der Waals surface area contributed by atoms with E-state index >= 15 is 0 Å². The molecule has 1 fully saturated rings. The van der Waals surface area contributed by atoms with Crippen molar-refractivity contribution in [1.82, 2.24) is 8.01 Å². The van der Waals surface area contributed by atoms with E-state index in [0.717, 1.165) is 13.1 Å². The highest BCUT2D eigenvalue weighted by atomic mass is 127. The summed E-state index contributed by atoms with van der Waals surface area (Å²) in [4.78, 5) is 1.44. The van der Waals surface area contributed by atoms with Crippen molar-refractivity contribution in [3.63, 3.8) is 0 Å². The van der Waals surface area contributed by atoms with E-state index in [2.05, 4.69) is 22.9 Å². The first kappa shape index (κ1) is 10.5. The Kier molecular flexibility index (Phi) is 3.59. The van der Waals surface area contributed by atoms with Crippen molar-refractivity contribution >= 4 is 22.9 Å². The second-order valence-electron chi connectivity index (χ2n) is 2.80. The average Bonchev–Trinajstić information content (AvgIpc) is 1.91. The Hall–Kier alpha value is 0.440. The fourth-order valence-corrected chi connectivity index (χ4v) is 1.57. The van der Waals surface area contributed by atoms with Crippen molar-refractivity contribution in [3.05, 3.63) is 0 Å². The van der Waals surface area contributed by atoms with Gasteiger partial charge in [-0.25, -0.2) is 3.11 Å². The van der Waals surface area contributed by atoms with Gasteiger partial charge in [0, 0.05) is 49.0 Å². The number of piperazine rings is 1.